The van der Waals surface area contributed by atoms with Crippen molar-refractivity contribution in [3.63, 3.8) is 0 Å². The third kappa shape index (κ3) is 10.0. The average Bonchev–Trinajstić information content (AvgIpc) is 3.59. The van der Waals surface area contributed by atoms with E-state index in [-0.39, 0.29) is 21.9 Å². The SMILES string of the molecule is CN1OC2(CC3(CCCc4ccccc4C3)Oc3ccc(-c4cc(F)cc(Cl)c4)cc32)N=C1N.CN1OC2(CC3(CCCc4ccccc4C3)Oc3ccc(Br)cc32)N=C1N.OB(O)c1cc(F)cc(Cl)c1. The van der Waals surface area contributed by atoms with Gasteiger partial charge in [0.05, 0.1) is 11.1 Å². The van der Waals surface area contributed by atoms with Crippen molar-refractivity contribution < 1.29 is 38.0 Å². The van der Waals surface area contributed by atoms with Crippen molar-refractivity contribution in [2.75, 3.05) is 14.1 Å². The highest BCUT2D eigenvalue weighted by molar-refractivity contribution is 9.10. The Labute approximate surface area is 435 Å². The van der Waals surface area contributed by atoms with Gasteiger partial charge in [0, 0.05) is 54.3 Å². The maximum absolute atomic E-state index is 14.1. The number of guanidine groups is 2. The Morgan fingerprint density at radius 1 is 0.611 bits per heavy atom. The molecule has 372 valence electrons. The van der Waals surface area contributed by atoms with Crippen LogP contribution in [0.3, 0.4) is 0 Å². The van der Waals surface area contributed by atoms with Gasteiger partial charge in [0.1, 0.15) is 34.3 Å². The van der Waals surface area contributed by atoms with Crippen LogP contribution in [0.4, 0.5) is 8.78 Å². The molecule has 4 aliphatic heterocycles. The predicted molar refractivity (Wildman–Crippen MR) is 279 cm³/mol. The molecule has 18 heteroatoms. The topological polar surface area (TPSA) is 161 Å². The molecule has 4 atom stereocenters. The van der Waals surface area contributed by atoms with Crippen molar-refractivity contribution in [1.29, 1.82) is 0 Å². The molecule has 12 nitrogen and oxygen atoms in total. The molecule has 12 rings (SSSR count). The number of benzene rings is 6. The summed E-state index contributed by atoms with van der Waals surface area (Å²) >= 11 is 15.1. The highest BCUT2D eigenvalue weighted by Gasteiger charge is 2.56. The first-order chi connectivity index (χ1) is 34.4. The summed E-state index contributed by atoms with van der Waals surface area (Å²) in [7, 11) is 1.88. The number of nitrogens with two attached hydrogens (primary N) is 2. The summed E-state index contributed by atoms with van der Waals surface area (Å²) in [6, 6.07) is 37.0. The second kappa shape index (κ2) is 19.6. The summed E-state index contributed by atoms with van der Waals surface area (Å²) in [5.41, 5.74) is 18.3. The van der Waals surface area contributed by atoms with E-state index in [0.717, 1.165) is 90.4 Å². The summed E-state index contributed by atoms with van der Waals surface area (Å²) < 4.78 is 41.0. The van der Waals surface area contributed by atoms with Crippen LogP contribution in [0.5, 0.6) is 11.5 Å². The standard InChI is InChI=1S/C27H25ClFN3O2.C21H22BrN3O2.C6H5BClFO2/c1-32-25(30)31-27(34-32)16-26(10-4-7-17-5-2-3-6-19(17)15-26)33-24-9-8-18(13-23(24)27)20-11-21(28)14-22(29)12-20;1-25-19(23)24-21(27-25)13-20(26-18-9-8-16(22)11-17(18)21)10-4-7-14-5-2-3-6-15(14)12-20;8-5-1-4(7(10)11)2-6(9)3-5/h2-3,5-6,8-9,11-14H,4,7,10,15-16H2,1H3,(H2,30,31);2-3,5-6,8-9,11H,4,7,10,12-13H2,1H3,(H2,23,24);1-3,10-11H. The summed E-state index contributed by atoms with van der Waals surface area (Å²) in [4.78, 5) is 22.2. The minimum Gasteiger partial charge on any atom is -0.486 e. The maximum Gasteiger partial charge on any atom is 0.488 e. The average molecular weight is 1080 g/mol. The van der Waals surface area contributed by atoms with Gasteiger partial charge in [0.2, 0.25) is 23.4 Å². The number of aliphatic imine (C=N–C) groups is 2. The van der Waals surface area contributed by atoms with Crippen LogP contribution >= 0.6 is 39.1 Å². The van der Waals surface area contributed by atoms with Gasteiger partial charge in [-0.3, -0.25) is 0 Å². The van der Waals surface area contributed by atoms with Crippen molar-refractivity contribution in [3.05, 3.63) is 181 Å². The number of hydrogen-bond acceptors (Lipinski definition) is 12. The highest BCUT2D eigenvalue weighted by atomic mass is 79.9. The molecular weight excluding hydrogens is 1030 g/mol. The number of hydrogen-bond donors (Lipinski definition) is 4. The van der Waals surface area contributed by atoms with E-state index in [2.05, 4.69) is 64.5 Å². The van der Waals surface area contributed by atoms with E-state index in [0.29, 0.717) is 41.1 Å². The van der Waals surface area contributed by atoms with Gasteiger partial charge in [-0.25, -0.2) is 38.6 Å². The van der Waals surface area contributed by atoms with Crippen molar-refractivity contribution >= 4 is 63.6 Å². The zero-order chi connectivity index (χ0) is 50.6. The Balaban J connectivity index is 0.000000140. The fourth-order valence-corrected chi connectivity index (χ4v) is 11.8. The van der Waals surface area contributed by atoms with E-state index < -0.39 is 30.0 Å². The molecule has 72 heavy (non-hydrogen) atoms. The zero-order valence-corrected chi connectivity index (χ0v) is 42.7. The molecule has 6 N–H and O–H groups in total. The molecule has 6 aromatic rings. The smallest absolute Gasteiger partial charge is 0.486 e. The normalized spacial score (nSPS) is 24.5. The highest BCUT2D eigenvalue weighted by Crippen LogP contribution is 2.54. The lowest BCUT2D eigenvalue weighted by Gasteiger charge is -2.45. The van der Waals surface area contributed by atoms with E-state index in [1.54, 1.807) is 25.2 Å². The molecule has 0 amide bonds. The summed E-state index contributed by atoms with van der Waals surface area (Å²) in [6.07, 6.45) is 8.82. The van der Waals surface area contributed by atoms with Crippen LogP contribution in [-0.2, 0) is 46.8 Å². The van der Waals surface area contributed by atoms with Gasteiger partial charge >= 0.3 is 7.12 Å². The lowest BCUT2D eigenvalue weighted by atomic mass is 9.78. The second-order valence-corrected chi connectivity index (χ2v) is 21.1. The summed E-state index contributed by atoms with van der Waals surface area (Å²) in [6.45, 7) is 0. The molecular formula is C54H52BBrCl2F2N6O6. The van der Waals surface area contributed by atoms with E-state index in [1.807, 2.05) is 36.4 Å². The van der Waals surface area contributed by atoms with Gasteiger partial charge in [0.15, 0.2) is 0 Å². The van der Waals surface area contributed by atoms with Crippen LogP contribution in [0, 0.1) is 11.6 Å². The van der Waals surface area contributed by atoms with Gasteiger partial charge in [0.25, 0.3) is 0 Å². The van der Waals surface area contributed by atoms with Crippen molar-refractivity contribution in [2.45, 2.75) is 86.9 Å². The van der Waals surface area contributed by atoms with Gasteiger partial charge in [-0.15, -0.1) is 0 Å². The van der Waals surface area contributed by atoms with Gasteiger partial charge in [-0.2, -0.15) is 0 Å². The van der Waals surface area contributed by atoms with Gasteiger partial charge < -0.3 is 31.0 Å². The van der Waals surface area contributed by atoms with Crippen molar-refractivity contribution in [3.8, 4) is 22.6 Å². The van der Waals surface area contributed by atoms with Crippen LogP contribution in [0.25, 0.3) is 11.1 Å². The largest absolute Gasteiger partial charge is 0.488 e. The van der Waals surface area contributed by atoms with E-state index in [4.69, 9.17) is 73.9 Å². The number of ether oxygens (including phenoxy) is 2. The number of halogens is 5. The first-order valence-electron chi connectivity index (χ1n) is 23.7. The van der Waals surface area contributed by atoms with Crippen LogP contribution in [0.1, 0.15) is 71.9 Å². The fourth-order valence-electron chi connectivity index (χ4n) is 11.0. The molecule has 0 saturated heterocycles. The first-order valence-corrected chi connectivity index (χ1v) is 25.3. The zero-order valence-electron chi connectivity index (χ0n) is 39.6. The monoisotopic (exact) mass is 1080 g/mol. The third-order valence-corrected chi connectivity index (χ3v) is 15.1. The molecule has 4 unspecified atom stereocenters. The quantitative estimate of drug-likeness (QED) is 0.123. The molecule has 2 aliphatic carbocycles. The third-order valence-electron chi connectivity index (χ3n) is 14.1. The predicted octanol–water partition coefficient (Wildman–Crippen LogP) is 9.64. The van der Waals surface area contributed by atoms with Crippen molar-refractivity contribution in [2.24, 2.45) is 21.5 Å². The van der Waals surface area contributed by atoms with Crippen LogP contribution in [-0.4, -0.2) is 64.5 Å². The van der Waals surface area contributed by atoms with Crippen LogP contribution in [0.2, 0.25) is 10.0 Å². The van der Waals surface area contributed by atoms with Crippen LogP contribution in [0.15, 0.2) is 136 Å². The molecule has 0 aromatic heterocycles. The maximum atomic E-state index is 14.1. The van der Waals surface area contributed by atoms with E-state index >= 15 is 0 Å². The molecule has 0 bridgehead atoms. The first kappa shape index (κ1) is 49.8. The lowest BCUT2D eigenvalue weighted by molar-refractivity contribution is -0.205. The minimum atomic E-state index is -1.68. The molecule has 4 spiro atoms. The van der Waals surface area contributed by atoms with Crippen LogP contribution < -0.4 is 26.4 Å². The number of nitrogens with zero attached hydrogens (tertiary/aromatic N) is 4. The summed E-state index contributed by atoms with van der Waals surface area (Å²) in [5, 5.41) is 20.8. The van der Waals surface area contributed by atoms with Gasteiger partial charge in [-0.1, -0.05) is 93.7 Å². The number of hydroxylamine groups is 4. The van der Waals surface area contributed by atoms with E-state index in [9.17, 15) is 8.78 Å². The Hall–Kier alpha value is -5.72. The molecule has 6 aliphatic rings. The van der Waals surface area contributed by atoms with Crippen molar-refractivity contribution in [1.82, 2.24) is 10.1 Å². The Morgan fingerprint density at radius 2 is 1.10 bits per heavy atom. The minimum absolute atomic E-state index is 0.0509. The Kier molecular flexibility index (Phi) is 13.6. The number of fused-ring (bicyclic) bond motifs is 6. The fraction of sp³-hybridized carbons (Fsp3) is 0.296. The molecule has 0 fully saturated rings. The molecule has 4 heterocycles. The Bertz CT molecular complexity index is 3100. The number of aryl methyl sites for hydroxylation is 2. The summed E-state index contributed by atoms with van der Waals surface area (Å²) in [5.74, 6) is 1.28. The molecule has 6 aromatic carbocycles. The number of rotatable bonds is 2. The van der Waals surface area contributed by atoms with E-state index in [1.165, 1.54) is 45.5 Å². The molecule has 0 saturated carbocycles. The van der Waals surface area contributed by atoms with Gasteiger partial charge in [-0.05, 0) is 144 Å². The molecule has 0 radical (unpaired) electrons. The second-order valence-electron chi connectivity index (χ2n) is 19.3. The lowest BCUT2D eigenvalue weighted by Crippen LogP contribution is -2.49. The Morgan fingerprint density at radius 3 is 1.58 bits per heavy atom.